The van der Waals surface area contributed by atoms with E-state index < -0.39 is 41.1 Å². The fourth-order valence-corrected chi connectivity index (χ4v) is 6.59. The van der Waals surface area contributed by atoms with Crippen molar-refractivity contribution < 1.29 is 29.0 Å². The van der Waals surface area contributed by atoms with Gasteiger partial charge in [0, 0.05) is 12.6 Å². The van der Waals surface area contributed by atoms with Gasteiger partial charge in [0.1, 0.15) is 17.6 Å². The Labute approximate surface area is 208 Å². The van der Waals surface area contributed by atoms with Crippen LogP contribution in [0.3, 0.4) is 0 Å². The number of ether oxygens (including phenoxy) is 2. The number of likely N-dealkylation sites (tertiary alicyclic amines) is 1. The molecule has 4 aliphatic heterocycles. The molecule has 4 rings (SSSR count). The first-order chi connectivity index (χ1) is 16.7. The second-order valence-corrected chi connectivity index (χ2v) is 10.8. The molecule has 0 bridgehead atoms. The number of fused-ring (bicyclic) bond motifs is 2. The maximum atomic E-state index is 14.3. The minimum Gasteiger partial charge on any atom is -0.465 e. The Morgan fingerprint density at radius 1 is 1.11 bits per heavy atom. The average molecular weight is 489 g/mol. The van der Waals surface area contributed by atoms with Crippen LogP contribution in [0.15, 0.2) is 24.3 Å². The van der Waals surface area contributed by atoms with Crippen LogP contribution < -0.4 is 0 Å². The summed E-state index contributed by atoms with van der Waals surface area (Å²) >= 11 is 0. The van der Waals surface area contributed by atoms with Crippen LogP contribution in [0.4, 0.5) is 0 Å². The van der Waals surface area contributed by atoms with E-state index in [-0.39, 0.29) is 37.0 Å². The summed E-state index contributed by atoms with van der Waals surface area (Å²) in [7, 11) is 0. The fraction of sp³-hybridized carbons (Fsp3) is 0.741. The Hall–Kier alpha value is -2.19. The molecule has 35 heavy (non-hydrogen) atoms. The van der Waals surface area contributed by atoms with Crippen LogP contribution in [-0.2, 0) is 23.9 Å². The van der Waals surface area contributed by atoms with Crippen molar-refractivity contribution in [1.29, 1.82) is 0 Å². The van der Waals surface area contributed by atoms with Gasteiger partial charge in [-0.25, -0.2) is 0 Å². The highest BCUT2D eigenvalue weighted by molar-refractivity contribution is 5.99. The third kappa shape index (κ3) is 3.93. The van der Waals surface area contributed by atoms with Crippen LogP contribution in [0.2, 0.25) is 0 Å². The maximum Gasteiger partial charge on any atom is 0.313 e. The van der Waals surface area contributed by atoms with Crippen molar-refractivity contribution in [2.45, 2.75) is 89.6 Å². The van der Waals surface area contributed by atoms with Gasteiger partial charge in [0.05, 0.1) is 30.8 Å². The van der Waals surface area contributed by atoms with Gasteiger partial charge in [-0.1, -0.05) is 57.9 Å². The molecule has 0 aliphatic carbocycles. The summed E-state index contributed by atoms with van der Waals surface area (Å²) in [4.78, 5) is 45.2. The maximum absolute atomic E-state index is 14.3. The summed E-state index contributed by atoms with van der Waals surface area (Å²) < 4.78 is 12.3. The lowest BCUT2D eigenvalue weighted by Crippen LogP contribution is -2.60. The summed E-state index contributed by atoms with van der Waals surface area (Å²) in [6.45, 7) is 10.3. The predicted molar refractivity (Wildman–Crippen MR) is 130 cm³/mol. The van der Waals surface area contributed by atoms with Gasteiger partial charge in [0.25, 0.3) is 0 Å². The lowest BCUT2D eigenvalue weighted by Gasteiger charge is -2.42. The zero-order chi connectivity index (χ0) is 25.5. The molecule has 0 radical (unpaired) electrons. The van der Waals surface area contributed by atoms with E-state index in [2.05, 4.69) is 6.92 Å². The Balaban J connectivity index is 1.90. The molecular weight excluding hydrogens is 448 g/mol. The van der Waals surface area contributed by atoms with Gasteiger partial charge < -0.3 is 24.4 Å². The third-order valence-electron chi connectivity index (χ3n) is 8.57. The molecule has 8 nitrogen and oxygen atoms in total. The van der Waals surface area contributed by atoms with E-state index >= 15 is 0 Å². The van der Waals surface area contributed by atoms with E-state index in [0.717, 1.165) is 19.3 Å². The van der Waals surface area contributed by atoms with E-state index in [9.17, 15) is 19.5 Å². The summed E-state index contributed by atoms with van der Waals surface area (Å²) in [5.74, 6) is -2.82. The molecule has 1 spiro atoms. The first-order valence-corrected chi connectivity index (χ1v) is 13.1. The first kappa shape index (κ1) is 25.9. The lowest BCUT2D eigenvalue weighted by atomic mass is 9.74. The second kappa shape index (κ2) is 9.69. The number of aliphatic hydroxyl groups excluding tert-OH is 1. The van der Waals surface area contributed by atoms with Crippen molar-refractivity contribution in [2.75, 3.05) is 19.8 Å². The number of rotatable bonds is 7. The van der Waals surface area contributed by atoms with Gasteiger partial charge in [-0.2, -0.15) is 0 Å². The van der Waals surface area contributed by atoms with E-state index in [1.54, 1.807) is 11.8 Å². The smallest absolute Gasteiger partial charge is 0.313 e. The summed E-state index contributed by atoms with van der Waals surface area (Å²) in [5, 5.41) is 10.4. The molecular formula is C27H40N2O6. The minimum absolute atomic E-state index is 0.0185. The highest BCUT2D eigenvalue weighted by Gasteiger charge is 2.75. The Kier molecular flexibility index (Phi) is 7.17. The molecule has 8 heteroatoms. The lowest BCUT2D eigenvalue weighted by molar-refractivity contribution is -0.163. The van der Waals surface area contributed by atoms with Crippen LogP contribution in [0.1, 0.15) is 60.3 Å². The van der Waals surface area contributed by atoms with Crippen molar-refractivity contribution in [3.05, 3.63) is 24.3 Å². The molecule has 1 N–H and O–H groups in total. The number of carbonyl (C=O) groups is 3. The number of hydrogen-bond donors (Lipinski definition) is 1. The number of carbonyl (C=O) groups excluding carboxylic acids is 3. The Bertz CT molecular complexity index is 917. The topological polar surface area (TPSA) is 96.4 Å². The summed E-state index contributed by atoms with van der Waals surface area (Å²) in [6.07, 6.45) is 10.6. The SMILES string of the molecule is CCCC(C)N1CC=C[C@]23O[C@]4(C)C=CCCOC(=O)[C@@H]4[C@H]2C(=O)N([C@@H](CO)[C@@H](C)CC)C3C1=O. The van der Waals surface area contributed by atoms with Crippen molar-refractivity contribution >= 4 is 17.8 Å². The van der Waals surface area contributed by atoms with Crippen LogP contribution in [0.5, 0.6) is 0 Å². The van der Waals surface area contributed by atoms with E-state index in [4.69, 9.17) is 9.47 Å². The monoisotopic (exact) mass is 488 g/mol. The van der Waals surface area contributed by atoms with Gasteiger partial charge in [-0.05, 0) is 32.6 Å². The number of esters is 1. The van der Waals surface area contributed by atoms with Crippen LogP contribution in [0.25, 0.3) is 0 Å². The molecule has 0 aromatic rings. The summed E-state index contributed by atoms with van der Waals surface area (Å²) in [6, 6.07) is -1.54. The highest BCUT2D eigenvalue weighted by atomic mass is 16.6. The number of hydrogen-bond acceptors (Lipinski definition) is 6. The molecule has 2 fully saturated rings. The van der Waals surface area contributed by atoms with Crippen LogP contribution in [0, 0.1) is 17.8 Å². The van der Waals surface area contributed by atoms with Crippen molar-refractivity contribution in [1.82, 2.24) is 9.80 Å². The number of amides is 2. The molecule has 2 amide bonds. The third-order valence-corrected chi connectivity index (χ3v) is 8.57. The van der Waals surface area contributed by atoms with Gasteiger partial charge in [-0.15, -0.1) is 0 Å². The highest BCUT2D eigenvalue weighted by Crippen LogP contribution is 2.58. The molecule has 0 aromatic carbocycles. The van der Waals surface area contributed by atoms with Gasteiger partial charge in [-0.3, -0.25) is 14.4 Å². The van der Waals surface area contributed by atoms with Gasteiger partial charge >= 0.3 is 5.97 Å². The quantitative estimate of drug-likeness (QED) is 0.437. The minimum atomic E-state index is -1.32. The van der Waals surface area contributed by atoms with Gasteiger partial charge in [0.2, 0.25) is 11.8 Å². The van der Waals surface area contributed by atoms with Crippen LogP contribution >= 0.6 is 0 Å². The molecule has 4 heterocycles. The molecule has 8 atom stereocenters. The second-order valence-electron chi connectivity index (χ2n) is 10.8. The zero-order valence-electron chi connectivity index (χ0n) is 21.6. The Morgan fingerprint density at radius 2 is 1.86 bits per heavy atom. The predicted octanol–water partition coefficient (Wildman–Crippen LogP) is 2.45. The van der Waals surface area contributed by atoms with E-state index in [1.807, 2.05) is 50.0 Å². The van der Waals surface area contributed by atoms with Crippen LogP contribution in [-0.4, -0.2) is 81.8 Å². The number of cyclic esters (lactones) is 1. The Morgan fingerprint density at radius 3 is 2.51 bits per heavy atom. The molecule has 0 saturated carbocycles. The first-order valence-electron chi connectivity index (χ1n) is 13.1. The van der Waals surface area contributed by atoms with Crippen molar-refractivity contribution in [2.24, 2.45) is 17.8 Å². The molecule has 2 saturated heterocycles. The van der Waals surface area contributed by atoms with E-state index in [0.29, 0.717) is 13.0 Å². The normalized spacial score (nSPS) is 37.1. The van der Waals surface area contributed by atoms with E-state index in [1.165, 1.54) is 0 Å². The number of aliphatic hydroxyl groups is 1. The number of nitrogens with zero attached hydrogens (tertiary/aromatic N) is 2. The zero-order valence-corrected chi connectivity index (χ0v) is 21.6. The fourth-order valence-electron chi connectivity index (χ4n) is 6.59. The molecule has 194 valence electrons. The summed E-state index contributed by atoms with van der Waals surface area (Å²) in [5.41, 5.74) is -2.40. The molecule has 4 aliphatic rings. The van der Waals surface area contributed by atoms with Gasteiger partial charge in [0.15, 0.2) is 0 Å². The molecule has 0 aromatic heterocycles. The average Bonchev–Trinajstić information content (AvgIpc) is 3.13. The van der Waals surface area contributed by atoms with Crippen molar-refractivity contribution in [3.8, 4) is 0 Å². The molecule has 2 unspecified atom stereocenters. The standard InChI is InChI=1S/C27H40N2O6/c1-6-11-18(4)28-14-10-13-27-20(21-25(33)34-15-9-8-12-26(21,5)35-27)23(31)29(22(27)24(28)32)19(16-30)17(3)7-2/h8,10,12-13,17-22,30H,6-7,9,11,14-16H2,1-5H3/t17-,18?,19-,20-,21-,22?,26+,27-/m0/s1. The largest absolute Gasteiger partial charge is 0.465 e. The van der Waals surface area contributed by atoms with Crippen molar-refractivity contribution in [3.63, 3.8) is 0 Å².